The van der Waals surface area contributed by atoms with Crippen molar-refractivity contribution in [2.75, 3.05) is 0 Å². The van der Waals surface area contributed by atoms with Gasteiger partial charge < -0.3 is 9.84 Å². The van der Waals surface area contributed by atoms with E-state index in [-0.39, 0.29) is 11.8 Å². The van der Waals surface area contributed by atoms with Crippen LogP contribution in [0, 0.1) is 29.6 Å². The van der Waals surface area contributed by atoms with E-state index in [0.717, 1.165) is 0 Å². The maximum atomic E-state index is 11.4. The van der Waals surface area contributed by atoms with Gasteiger partial charge in [0.1, 0.15) is 0 Å². The Labute approximate surface area is 84.7 Å². The highest BCUT2D eigenvalue weighted by Gasteiger charge is 2.64. The van der Waals surface area contributed by atoms with Crippen molar-refractivity contribution in [3.63, 3.8) is 0 Å². The van der Waals surface area contributed by atoms with Gasteiger partial charge in [-0.15, -0.1) is 0 Å². The molecule has 3 aliphatic rings. The molecule has 5 heteroatoms. The van der Waals surface area contributed by atoms with Crippen LogP contribution in [0.2, 0.25) is 0 Å². The van der Waals surface area contributed by atoms with E-state index < -0.39 is 35.7 Å². The minimum Gasteiger partial charge on any atom is -0.481 e. The molecule has 2 bridgehead atoms. The Morgan fingerprint density at radius 3 is 2.00 bits per heavy atom. The number of hydrogen-bond acceptors (Lipinski definition) is 4. The topological polar surface area (TPSA) is 80.7 Å². The van der Waals surface area contributed by atoms with Crippen molar-refractivity contribution in [3.8, 4) is 0 Å². The Bertz CT molecular complexity index is 380. The molecule has 1 unspecified atom stereocenters. The van der Waals surface area contributed by atoms with Crippen LogP contribution < -0.4 is 0 Å². The summed E-state index contributed by atoms with van der Waals surface area (Å²) < 4.78 is 4.53. The summed E-state index contributed by atoms with van der Waals surface area (Å²) in [6.45, 7) is 0. The summed E-state index contributed by atoms with van der Waals surface area (Å²) in [4.78, 5) is 33.7. The van der Waals surface area contributed by atoms with E-state index in [1.165, 1.54) is 0 Å². The lowest BCUT2D eigenvalue weighted by Gasteiger charge is -2.11. The monoisotopic (exact) mass is 208 g/mol. The van der Waals surface area contributed by atoms with Crippen LogP contribution in [-0.2, 0) is 19.1 Å². The zero-order chi connectivity index (χ0) is 10.7. The molecule has 0 aromatic carbocycles. The molecule has 5 atom stereocenters. The Kier molecular flexibility index (Phi) is 1.43. The van der Waals surface area contributed by atoms with Gasteiger partial charge in [0.15, 0.2) is 0 Å². The molecule has 1 saturated carbocycles. The smallest absolute Gasteiger partial charge is 0.318 e. The molecular weight excluding hydrogens is 200 g/mol. The fourth-order valence-corrected chi connectivity index (χ4v) is 3.09. The third-order valence-corrected chi connectivity index (χ3v) is 3.63. The minimum atomic E-state index is -0.940. The number of rotatable bonds is 1. The molecule has 0 aromatic rings. The van der Waals surface area contributed by atoms with Gasteiger partial charge in [-0.1, -0.05) is 12.2 Å². The average molecular weight is 208 g/mol. The molecule has 78 valence electrons. The van der Waals surface area contributed by atoms with Crippen LogP contribution in [-0.4, -0.2) is 23.0 Å². The van der Waals surface area contributed by atoms with E-state index in [1.54, 1.807) is 12.2 Å². The number of aliphatic carboxylic acids is 1. The van der Waals surface area contributed by atoms with Gasteiger partial charge in [-0.05, 0) is 0 Å². The van der Waals surface area contributed by atoms with Gasteiger partial charge in [0, 0.05) is 11.8 Å². The van der Waals surface area contributed by atoms with Gasteiger partial charge >= 0.3 is 17.9 Å². The molecule has 1 aliphatic heterocycles. The standard InChI is InChI=1S/C10H8O5/c11-8(12)5-3-1-2-4(5)7-6(3)9(13)15-10(7)14/h1-7H,(H,11,12)/t3-,4+,5?,6-,7+. The molecule has 2 aliphatic carbocycles. The summed E-state index contributed by atoms with van der Waals surface area (Å²) in [6.07, 6.45) is 3.45. The number of carboxylic acids is 1. The van der Waals surface area contributed by atoms with Crippen molar-refractivity contribution < 1.29 is 24.2 Å². The number of hydrogen-bond donors (Lipinski definition) is 1. The molecule has 0 aromatic heterocycles. The number of carbonyl (C=O) groups is 3. The second kappa shape index (κ2) is 2.48. The van der Waals surface area contributed by atoms with Crippen molar-refractivity contribution in [2.24, 2.45) is 29.6 Å². The quantitative estimate of drug-likeness (QED) is 0.367. The van der Waals surface area contributed by atoms with E-state index in [4.69, 9.17) is 5.11 Å². The number of cyclic esters (lactones) is 2. The lowest BCUT2D eigenvalue weighted by Crippen LogP contribution is -2.24. The average Bonchev–Trinajstić information content (AvgIpc) is 2.77. The first-order valence-corrected chi connectivity index (χ1v) is 4.78. The summed E-state index contributed by atoms with van der Waals surface area (Å²) >= 11 is 0. The second-order valence-electron chi connectivity index (χ2n) is 4.20. The van der Waals surface area contributed by atoms with Crippen LogP contribution in [0.4, 0.5) is 0 Å². The third kappa shape index (κ3) is 0.854. The molecular formula is C10H8O5. The molecule has 1 saturated heterocycles. The first-order valence-electron chi connectivity index (χ1n) is 4.78. The van der Waals surface area contributed by atoms with Crippen molar-refractivity contribution in [1.82, 2.24) is 0 Å². The van der Waals surface area contributed by atoms with Crippen LogP contribution in [0.3, 0.4) is 0 Å². The first-order chi connectivity index (χ1) is 7.11. The second-order valence-corrected chi connectivity index (χ2v) is 4.20. The van der Waals surface area contributed by atoms with Crippen molar-refractivity contribution >= 4 is 17.9 Å². The van der Waals surface area contributed by atoms with E-state index in [2.05, 4.69) is 4.74 Å². The lowest BCUT2D eigenvalue weighted by atomic mass is 9.85. The Hall–Kier alpha value is -1.65. The van der Waals surface area contributed by atoms with Gasteiger partial charge in [0.25, 0.3) is 0 Å². The number of carboxylic acid groups (broad SMARTS) is 1. The van der Waals surface area contributed by atoms with Crippen LogP contribution in [0.25, 0.3) is 0 Å². The van der Waals surface area contributed by atoms with Gasteiger partial charge in [0.05, 0.1) is 17.8 Å². The summed E-state index contributed by atoms with van der Waals surface area (Å²) in [6, 6.07) is 0. The first kappa shape index (κ1) is 8.64. The highest BCUT2D eigenvalue weighted by atomic mass is 16.6. The lowest BCUT2D eigenvalue weighted by molar-refractivity contribution is -0.155. The molecule has 0 spiro atoms. The van der Waals surface area contributed by atoms with Gasteiger partial charge in [0.2, 0.25) is 0 Å². The van der Waals surface area contributed by atoms with E-state index >= 15 is 0 Å². The number of fused-ring (bicyclic) bond motifs is 5. The van der Waals surface area contributed by atoms with E-state index in [0.29, 0.717) is 0 Å². The Morgan fingerprint density at radius 1 is 1.13 bits per heavy atom. The summed E-state index contributed by atoms with van der Waals surface area (Å²) in [5.74, 6) is -4.54. The van der Waals surface area contributed by atoms with Crippen LogP contribution in [0.1, 0.15) is 0 Å². The van der Waals surface area contributed by atoms with Crippen molar-refractivity contribution in [3.05, 3.63) is 12.2 Å². The van der Waals surface area contributed by atoms with Gasteiger partial charge in [-0.3, -0.25) is 14.4 Å². The summed E-state index contributed by atoms with van der Waals surface area (Å²) in [7, 11) is 0. The van der Waals surface area contributed by atoms with Crippen molar-refractivity contribution in [1.29, 1.82) is 0 Å². The largest absolute Gasteiger partial charge is 0.481 e. The highest BCUT2D eigenvalue weighted by Crippen LogP contribution is 2.55. The Balaban J connectivity index is 2.05. The fraction of sp³-hybridized carbons (Fsp3) is 0.500. The van der Waals surface area contributed by atoms with Crippen molar-refractivity contribution in [2.45, 2.75) is 0 Å². The summed E-state index contributed by atoms with van der Waals surface area (Å²) in [5, 5.41) is 9.02. The molecule has 0 amide bonds. The fourth-order valence-electron chi connectivity index (χ4n) is 3.09. The maximum Gasteiger partial charge on any atom is 0.318 e. The Morgan fingerprint density at radius 2 is 1.60 bits per heavy atom. The highest BCUT2D eigenvalue weighted by molar-refractivity contribution is 5.99. The van der Waals surface area contributed by atoms with E-state index in [9.17, 15) is 14.4 Å². The van der Waals surface area contributed by atoms with Gasteiger partial charge in [-0.2, -0.15) is 0 Å². The predicted octanol–water partition coefficient (Wildman–Crippen LogP) is -0.181. The van der Waals surface area contributed by atoms with Crippen LogP contribution >= 0.6 is 0 Å². The molecule has 15 heavy (non-hydrogen) atoms. The third-order valence-electron chi connectivity index (χ3n) is 3.63. The van der Waals surface area contributed by atoms with Crippen LogP contribution in [0.5, 0.6) is 0 Å². The number of esters is 2. The molecule has 5 nitrogen and oxygen atoms in total. The molecule has 3 rings (SSSR count). The summed E-state index contributed by atoms with van der Waals surface area (Å²) in [5.41, 5.74) is 0. The van der Waals surface area contributed by atoms with Gasteiger partial charge in [-0.25, -0.2) is 0 Å². The van der Waals surface area contributed by atoms with E-state index in [1.807, 2.05) is 0 Å². The normalized spacial score (nSPS) is 45.7. The minimum absolute atomic E-state index is 0.364. The molecule has 1 N–H and O–H groups in total. The zero-order valence-electron chi connectivity index (χ0n) is 7.62. The maximum absolute atomic E-state index is 11.4. The molecule has 1 heterocycles. The number of carbonyl (C=O) groups excluding carboxylic acids is 2. The SMILES string of the molecule is O=C(O)C1[C@H]2C=C[C@@H]1[C@@H]1C(=O)OC(=O)[C@@H]12. The number of ether oxygens (including phenoxy) is 1. The number of allylic oxidation sites excluding steroid dienone is 2. The molecule has 2 fully saturated rings. The van der Waals surface area contributed by atoms with Crippen LogP contribution in [0.15, 0.2) is 12.2 Å². The molecule has 0 radical (unpaired) electrons. The zero-order valence-corrected chi connectivity index (χ0v) is 7.62. The predicted molar refractivity (Wildman–Crippen MR) is 45.3 cm³/mol.